The van der Waals surface area contributed by atoms with Gasteiger partial charge in [0.25, 0.3) is 0 Å². The molecule has 1 fully saturated rings. The second kappa shape index (κ2) is 8.03. The fourth-order valence-corrected chi connectivity index (χ4v) is 2.92. The number of carbonyl (C=O) groups excluding carboxylic acids is 2. The lowest BCUT2D eigenvalue weighted by Crippen LogP contribution is -2.50. The Morgan fingerprint density at radius 2 is 1.63 bits per heavy atom. The number of carbonyl (C=O) groups is 2. The molecule has 0 aliphatic carbocycles. The summed E-state index contributed by atoms with van der Waals surface area (Å²) in [5, 5.41) is 2.29. The molecule has 0 atom stereocenters. The van der Waals surface area contributed by atoms with E-state index in [2.05, 4.69) is 5.32 Å². The number of esters is 1. The zero-order chi connectivity index (χ0) is 19.4. The number of piperazine rings is 1. The molecule has 0 aromatic heterocycles. The summed E-state index contributed by atoms with van der Waals surface area (Å²) in [6.45, 7) is 1.81. The second-order valence-corrected chi connectivity index (χ2v) is 6.04. The third-order valence-corrected chi connectivity index (χ3v) is 4.39. The molecular weight excluding hydrogens is 356 g/mol. The lowest BCUT2D eigenvalue weighted by atomic mass is 10.1. The highest BCUT2D eigenvalue weighted by Gasteiger charge is 2.23. The normalized spacial score (nSPS) is 14.0. The van der Waals surface area contributed by atoms with Gasteiger partial charge in [0.1, 0.15) is 17.3 Å². The average Bonchev–Trinajstić information content (AvgIpc) is 2.70. The summed E-state index contributed by atoms with van der Waals surface area (Å²) in [6, 6.07) is 9.90. The molecule has 1 aliphatic rings. The Hall–Kier alpha value is -3.16. The molecule has 0 radical (unpaired) electrons. The molecule has 27 heavy (non-hydrogen) atoms. The summed E-state index contributed by atoms with van der Waals surface area (Å²) in [5.74, 6) is -2.05. The molecule has 1 saturated heterocycles. The van der Waals surface area contributed by atoms with E-state index in [1.807, 2.05) is 11.0 Å². The molecule has 6 nitrogen and oxygen atoms in total. The van der Waals surface area contributed by atoms with Gasteiger partial charge in [-0.1, -0.05) is 12.1 Å². The van der Waals surface area contributed by atoms with Crippen LogP contribution in [0.15, 0.2) is 42.5 Å². The van der Waals surface area contributed by atoms with E-state index >= 15 is 0 Å². The van der Waals surface area contributed by atoms with Gasteiger partial charge in [0.2, 0.25) is 0 Å². The van der Waals surface area contributed by atoms with Crippen molar-refractivity contribution in [3.05, 3.63) is 59.7 Å². The van der Waals surface area contributed by atoms with Crippen molar-refractivity contribution in [3.63, 3.8) is 0 Å². The quantitative estimate of drug-likeness (QED) is 0.838. The predicted octanol–water partition coefficient (Wildman–Crippen LogP) is 3.11. The van der Waals surface area contributed by atoms with Crippen molar-refractivity contribution < 1.29 is 23.1 Å². The van der Waals surface area contributed by atoms with Crippen LogP contribution in [0.25, 0.3) is 0 Å². The first-order valence-corrected chi connectivity index (χ1v) is 8.43. The van der Waals surface area contributed by atoms with E-state index in [-0.39, 0.29) is 0 Å². The number of para-hydroxylation sites is 1. The van der Waals surface area contributed by atoms with Crippen LogP contribution in [0.5, 0.6) is 0 Å². The molecule has 1 aliphatic heterocycles. The number of ether oxygens (including phenoxy) is 1. The van der Waals surface area contributed by atoms with Gasteiger partial charge >= 0.3 is 12.0 Å². The number of hydrogen-bond donors (Lipinski definition) is 1. The Balaban J connectivity index is 1.62. The van der Waals surface area contributed by atoms with E-state index < -0.39 is 29.3 Å². The number of anilines is 2. The van der Waals surface area contributed by atoms with Crippen molar-refractivity contribution in [3.8, 4) is 0 Å². The lowest BCUT2D eigenvalue weighted by molar-refractivity contribution is 0.0600. The van der Waals surface area contributed by atoms with Crippen molar-refractivity contribution in [2.45, 2.75) is 0 Å². The smallest absolute Gasteiger partial charge is 0.337 e. The monoisotopic (exact) mass is 375 g/mol. The summed E-state index contributed by atoms with van der Waals surface area (Å²) in [5.41, 5.74) is 0.846. The summed E-state index contributed by atoms with van der Waals surface area (Å²) in [6.07, 6.45) is 0. The first kappa shape index (κ1) is 18.6. The number of hydrogen-bond acceptors (Lipinski definition) is 4. The molecule has 8 heteroatoms. The number of nitrogens with one attached hydrogen (secondary N) is 1. The fourth-order valence-electron chi connectivity index (χ4n) is 2.92. The van der Waals surface area contributed by atoms with Gasteiger partial charge in [-0.3, -0.25) is 0 Å². The van der Waals surface area contributed by atoms with Crippen LogP contribution >= 0.6 is 0 Å². The van der Waals surface area contributed by atoms with E-state index in [1.165, 1.54) is 18.1 Å². The van der Waals surface area contributed by atoms with Crippen LogP contribution < -0.4 is 10.2 Å². The van der Waals surface area contributed by atoms with Gasteiger partial charge in [-0.25, -0.2) is 18.4 Å². The molecule has 2 amide bonds. The maximum Gasteiger partial charge on any atom is 0.337 e. The third-order valence-electron chi connectivity index (χ3n) is 4.39. The Morgan fingerprint density at radius 3 is 2.26 bits per heavy atom. The SMILES string of the molecule is COC(=O)c1cccc(N2CCN(C(=O)Nc3c(F)cccc3F)CC2)c1. The van der Waals surface area contributed by atoms with Crippen molar-refractivity contribution >= 4 is 23.4 Å². The number of halogens is 2. The van der Waals surface area contributed by atoms with Crippen LogP contribution in [0.4, 0.5) is 25.0 Å². The highest BCUT2D eigenvalue weighted by atomic mass is 19.1. The number of nitrogens with zero attached hydrogens (tertiary/aromatic N) is 2. The Labute approximate surface area is 155 Å². The fraction of sp³-hybridized carbons (Fsp3) is 0.263. The highest BCUT2D eigenvalue weighted by molar-refractivity contribution is 5.91. The molecule has 0 bridgehead atoms. The van der Waals surface area contributed by atoms with Crippen molar-refractivity contribution in [1.29, 1.82) is 0 Å². The first-order valence-electron chi connectivity index (χ1n) is 8.43. The van der Waals surface area contributed by atoms with Crippen LogP contribution in [0.1, 0.15) is 10.4 Å². The van der Waals surface area contributed by atoms with Gasteiger partial charge < -0.3 is 19.9 Å². The summed E-state index contributed by atoms with van der Waals surface area (Å²) in [7, 11) is 1.32. The zero-order valence-electron chi connectivity index (χ0n) is 14.7. The molecule has 3 rings (SSSR count). The second-order valence-electron chi connectivity index (χ2n) is 6.04. The third kappa shape index (κ3) is 4.16. The molecular formula is C19H19F2N3O3. The van der Waals surface area contributed by atoms with Crippen LogP contribution in [0, 0.1) is 11.6 Å². The summed E-state index contributed by atoms with van der Waals surface area (Å²) >= 11 is 0. The number of urea groups is 1. The van der Waals surface area contributed by atoms with Crippen molar-refractivity contribution in [2.24, 2.45) is 0 Å². The standard InChI is InChI=1S/C19H19F2N3O3/c1-27-18(25)13-4-2-5-14(12-13)23-8-10-24(11-9-23)19(26)22-17-15(20)6-3-7-16(17)21/h2-7,12H,8-11H2,1H3,(H,22,26). The largest absolute Gasteiger partial charge is 0.465 e. The maximum atomic E-state index is 13.7. The molecule has 2 aromatic carbocycles. The Bertz CT molecular complexity index is 832. The van der Waals surface area contributed by atoms with Crippen LogP contribution in [0.2, 0.25) is 0 Å². The topological polar surface area (TPSA) is 61.9 Å². The minimum Gasteiger partial charge on any atom is -0.465 e. The minimum atomic E-state index is -0.818. The first-order chi connectivity index (χ1) is 13.0. The molecule has 0 unspecified atom stereocenters. The average molecular weight is 375 g/mol. The summed E-state index contributed by atoms with van der Waals surface area (Å²) in [4.78, 5) is 27.5. The summed E-state index contributed by atoms with van der Waals surface area (Å²) < 4.78 is 32.1. The van der Waals surface area contributed by atoms with Crippen LogP contribution in [0.3, 0.4) is 0 Å². The maximum absolute atomic E-state index is 13.7. The molecule has 0 saturated carbocycles. The van der Waals surface area contributed by atoms with Gasteiger partial charge in [0.15, 0.2) is 0 Å². The Morgan fingerprint density at radius 1 is 1.00 bits per heavy atom. The van der Waals surface area contributed by atoms with Gasteiger partial charge in [0.05, 0.1) is 12.7 Å². The number of benzene rings is 2. The van der Waals surface area contributed by atoms with E-state index in [1.54, 1.807) is 18.2 Å². The van der Waals surface area contributed by atoms with Gasteiger partial charge in [-0.2, -0.15) is 0 Å². The zero-order valence-corrected chi connectivity index (χ0v) is 14.7. The molecule has 1 heterocycles. The predicted molar refractivity (Wildman–Crippen MR) is 96.9 cm³/mol. The van der Waals surface area contributed by atoms with E-state index in [4.69, 9.17) is 4.74 Å². The van der Waals surface area contributed by atoms with Crippen LogP contribution in [-0.4, -0.2) is 50.2 Å². The van der Waals surface area contributed by atoms with Crippen molar-refractivity contribution in [1.82, 2.24) is 4.90 Å². The number of amides is 2. The van der Waals surface area contributed by atoms with Gasteiger partial charge in [0, 0.05) is 31.9 Å². The van der Waals surface area contributed by atoms with E-state index in [0.717, 1.165) is 17.8 Å². The Kier molecular flexibility index (Phi) is 5.54. The minimum absolute atomic E-state index is 0.379. The van der Waals surface area contributed by atoms with E-state index in [0.29, 0.717) is 31.7 Å². The number of rotatable bonds is 3. The molecule has 1 N–H and O–H groups in total. The lowest BCUT2D eigenvalue weighted by Gasteiger charge is -2.36. The van der Waals surface area contributed by atoms with Gasteiger partial charge in [-0.15, -0.1) is 0 Å². The molecule has 2 aromatic rings. The highest BCUT2D eigenvalue weighted by Crippen LogP contribution is 2.21. The van der Waals surface area contributed by atoms with Crippen molar-refractivity contribution in [2.75, 3.05) is 43.5 Å². The number of methoxy groups -OCH3 is 1. The van der Waals surface area contributed by atoms with Crippen LogP contribution in [-0.2, 0) is 4.74 Å². The van der Waals surface area contributed by atoms with E-state index in [9.17, 15) is 18.4 Å². The molecule has 142 valence electrons. The van der Waals surface area contributed by atoms with Gasteiger partial charge in [-0.05, 0) is 30.3 Å². The molecule has 0 spiro atoms.